The number of piperidine rings is 1. The Morgan fingerprint density at radius 2 is 1.82 bits per heavy atom. The number of aryl methyl sites for hydroxylation is 1. The molecule has 0 bridgehead atoms. The minimum atomic E-state index is 0.375. The zero-order valence-corrected chi connectivity index (χ0v) is 25.3. The first-order chi connectivity index (χ1) is 19.2. The third-order valence-corrected chi connectivity index (χ3v) is 10.2. The minimum Gasteiger partial charge on any atom is -0.496 e. The highest BCUT2D eigenvalue weighted by Crippen LogP contribution is 2.57. The monoisotopic (exact) mass is 538 g/mol. The first-order valence-corrected chi connectivity index (χ1v) is 15.3. The van der Waals surface area contributed by atoms with Crippen LogP contribution in [0.5, 0.6) is 5.75 Å². The van der Waals surface area contributed by atoms with Crippen LogP contribution in [-0.4, -0.2) is 57.2 Å². The van der Waals surface area contributed by atoms with Gasteiger partial charge in [0.1, 0.15) is 17.3 Å². The molecule has 1 saturated carbocycles. The van der Waals surface area contributed by atoms with Gasteiger partial charge in [-0.05, 0) is 130 Å². The molecule has 4 heteroatoms. The molecule has 2 aromatic rings. The molecule has 4 nitrogen and oxygen atoms in total. The van der Waals surface area contributed by atoms with Gasteiger partial charge in [0.25, 0.3) is 0 Å². The lowest BCUT2D eigenvalue weighted by atomic mass is 9.54. The van der Waals surface area contributed by atoms with Crippen LogP contribution < -0.4 is 4.74 Å². The highest BCUT2D eigenvalue weighted by molar-refractivity contribution is 5.91. The van der Waals surface area contributed by atoms with Gasteiger partial charge < -0.3 is 19.0 Å². The minimum absolute atomic E-state index is 0.375. The molecular weight excluding hydrogens is 492 g/mol. The van der Waals surface area contributed by atoms with Gasteiger partial charge in [0.2, 0.25) is 0 Å². The molecule has 0 N–H and O–H groups in total. The van der Waals surface area contributed by atoms with Crippen molar-refractivity contribution in [2.75, 3.05) is 47.4 Å². The third-order valence-electron chi connectivity index (χ3n) is 10.2. The fourth-order valence-electron chi connectivity index (χ4n) is 7.73. The maximum atomic E-state index is 6.12. The van der Waals surface area contributed by atoms with Gasteiger partial charge in [-0.25, -0.2) is 0 Å². The Balaban J connectivity index is 1.38. The molecule has 2 aliphatic heterocycles. The molecular formula is C36H46N2O2. The zero-order valence-electron chi connectivity index (χ0n) is 25.3. The van der Waals surface area contributed by atoms with E-state index in [2.05, 4.69) is 79.9 Å². The highest BCUT2D eigenvalue weighted by Gasteiger charge is 2.52. The van der Waals surface area contributed by atoms with Gasteiger partial charge >= 0.3 is 0 Å². The number of likely N-dealkylation sites (tertiary alicyclic amines) is 2. The van der Waals surface area contributed by atoms with Crippen LogP contribution in [0.25, 0.3) is 11.1 Å². The Morgan fingerprint density at radius 1 is 1.07 bits per heavy atom. The summed E-state index contributed by atoms with van der Waals surface area (Å²) in [6.07, 6.45) is 10.5. The number of hydrogen-bond acceptors (Lipinski definition) is 4. The van der Waals surface area contributed by atoms with Crippen molar-refractivity contribution in [2.24, 2.45) is 17.3 Å². The van der Waals surface area contributed by atoms with E-state index in [1.54, 1.807) is 0 Å². The van der Waals surface area contributed by atoms with Crippen molar-refractivity contribution in [1.29, 1.82) is 0 Å². The summed E-state index contributed by atoms with van der Waals surface area (Å²) >= 11 is 0. The standard InChI is InChI=1S/C36H46N2O2/c1-24-7-10-29(34-12-8-25(2)40-34)17-28(11-9-27-13-15-37(4)16-14-27)33-19-35(39-6)32(18-31(24)33)26(3)30-20-36(21-30)22-38(5)23-36/h8,10,12,17-19,24,26-27,30H,7,13-16,20-23H2,1-6H3/b28-17?,29-10-. The summed E-state index contributed by atoms with van der Waals surface area (Å²) in [7, 11) is 6.28. The molecule has 1 aromatic carbocycles. The van der Waals surface area contributed by atoms with Gasteiger partial charge in [-0.3, -0.25) is 0 Å². The first kappa shape index (κ1) is 27.4. The molecule has 2 saturated heterocycles. The van der Waals surface area contributed by atoms with E-state index in [4.69, 9.17) is 9.15 Å². The summed E-state index contributed by atoms with van der Waals surface area (Å²) in [6, 6.07) is 8.91. The largest absolute Gasteiger partial charge is 0.496 e. The van der Waals surface area contributed by atoms with Gasteiger partial charge in [0, 0.05) is 30.2 Å². The van der Waals surface area contributed by atoms with Gasteiger partial charge in [-0.1, -0.05) is 37.8 Å². The van der Waals surface area contributed by atoms with E-state index < -0.39 is 0 Å². The highest BCUT2D eigenvalue weighted by atomic mass is 16.5. The predicted molar refractivity (Wildman–Crippen MR) is 164 cm³/mol. The van der Waals surface area contributed by atoms with Gasteiger partial charge in [-0.2, -0.15) is 0 Å². The lowest BCUT2D eigenvalue weighted by Gasteiger charge is -2.59. The average molecular weight is 539 g/mol. The summed E-state index contributed by atoms with van der Waals surface area (Å²) < 4.78 is 12.2. The number of furan rings is 1. The molecule has 1 aromatic heterocycles. The van der Waals surface area contributed by atoms with E-state index in [0.29, 0.717) is 23.2 Å². The van der Waals surface area contributed by atoms with Crippen molar-refractivity contribution < 1.29 is 9.15 Å². The van der Waals surface area contributed by atoms with Crippen LogP contribution in [-0.2, 0) is 0 Å². The van der Waals surface area contributed by atoms with E-state index in [1.165, 1.54) is 42.6 Å². The maximum Gasteiger partial charge on any atom is 0.133 e. The van der Waals surface area contributed by atoms with Crippen LogP contribution in [0.4, 0.5) is 0 Å². The molecule has 40 heavy (non-hydrogen) atoms. The van der Waals surface area contributed by atoms with Crippen LogP contribution in [0.15, 0.2) is 40.8 Å². The molecule has 0 radical (unpaired) electrons. The molecule has 0 amide bonds. The fraction of sp³-hybridized carbons (Fsp3) is 0.556. The lowest BCUT2D eigenvalue weighted by Crippen LogP contribution is -2.61. The summed E-state index contributed by atoms with van der Waals surface area (Å²) in [6.45, 7) is 11.6. The normalized spacial score (nSPS) is 25.7. The molecule has 4 aliphatic rings. The van der Waals surface area contributed by atoms with Gasteiger partial charge in [0.05, 0.1) is 7.11 Å². The number of fused-ring (bicyclic) bond motifs is 1. The second-order valence-corrected chi connectivity index (χ2v) is 13.4. The van der Waals surface area contributed by atoms with Gasteiger partial charge in [-0.15, -0.1) is 0 Å². The van der Waals surface area contributed by atoms with Crippen LogP contribution in [0.3, 0.4) is 0 Å². The van der Waals surface area contributed by atoms with Crippen molar-refractivity contribution in [2.45, 2.75) is 64.7 Å². The molecule has 3 fully saturated rings. The van der Waals surface area contributed by atoms with E-state index in [1.807, 2.05) is 20.1 Å². The lowest BCUT2D eigenvalue weighted by molar-refractivity contribution is -0.0875. The Morgan fingerprint density at radius 3 is 2.48 bits per heavy atom. The van der Waals surface area contributed by atoms with Gasteiger partial charge in [0.15, 0.2) is 0 Å². The number of hydrogen-bond donors (Lipinski definition) is 0. The van der Waals surface area contributed by atoms with Crippen molar-refractivity contribution >= 4 is 11.1 Å². The molecule has 212 valence electrons. The van der Waals surface area contributed by atoms with E-state index in [-0.39, 0.29) is 0 Å². The quantitative estimate of drug-likeness (QED) is 0.380. The number of ether oxygens (including phenoxy) is 1. The Bertz CT molecular complexity index is 1360. The van der Waals surface area contributed by atoms with Crippen LogP contribution >= 0.6 is 0 Å². The average Bonchev–Trinajstić information content (AvgIpc) is 3.34. The number of methoxy groups -OCH3 is 1. The number of rotatable bonds is 4. The molecule has 6 rings (SSSR count). The summed E-state index contributed by atoms with van der Waals surface area (Å²) in [5.41, 5.74) is 6.78. The Kier molecular flexibility index (Phi) is 7.49. The van der Waals surface area contributed by atoms with E-state index in [0.717, 1.165) is 66.7 Å². The van der Waals surface area contributed by atoms with Crippen molar-refractivity contribution in [3.8, 4) is 17.6 Å². The second-order valence-electron chi connectivity index (χ2n) is 13.4. The van der Waals surface area contributed by atoms with E-state index >= 15 is 0 Å². The summed E-state index contributed by atoms with van der Waals surface area (Å²) in [4.78, 5) is 4.87. The topological polar surface area (TPSA) is 28.9 Å². The maximum absolute atomic E-state index is 6.12. The Labute approximate surface area is 241 Å². The zero-order chi connectivity index (χ0) is 28.0. The first-order valence-electron chi connectivity index (χ1n) is 15.3. The molecule has 2 unspecified atom stereocenters. The van der Waals surface area contributed by atoms with Crippen LogP contribution in [0.2, 0.25) is 0 Å². The smallest absolute Gasteiger partial charge is 0.133 e. The molecule has 3 heterocycles. The van der Waals surface area contributed by atoms with Crippen LogP contribution in [0.1, 0.15) is 86.0 Å². The molecule has 2 aliphatic carbocycles. The number of benzene rings is 1. The molecule has 2 atom stereocenters. The number of allylic oxidation sites excluding steroid dienone is 4. The Hall–Kier alpha value is -2.74. The summed E-state index contributed by atoms with van der Waals surface area (Å²) in [5.74, 6) is 12.3. The number of nitrogens with zero attached hydrogens (tertiary/aromatic N) is 2. The summed E-state index contributed by atoms with van der Waals surface area (Å²) in [5, 5.41) is 0. The van der Waals surface area contributed by atoms with Crippen molar-refractivity contribution in [1.82, 2.24) is 9.80 Å². The predicted octanol–water partition coefficient (Wildman–Crippen LogP) is 7.36. The van der Waals surface area contributed by atoms with Crippen molar-refractivity contribution in [3.63, 3.8) is 0 Å². The van der Waals surface area contributed by atoms with E-state index in [9.17, 15) is 0 Å². The SMILES string of the molecule is COc1cc2c(cc1C(C)C1CC3(C1)CN(C)C3)C(C)C/C=C(\c1ccc(C)o1)C=C2C#CC1CCN(C)CC1. The molecule has 1 spiro atoms. The second kappa shape index (κ2) is 10.9. The third kappa shape index (κ3) is 5.31. The fourth-order valence-corrected chi connectivity index (χ4v) is 7.73. The van der Waals surface area contributed by atoms with Crippen molar-refractivity contribution in [3.05, 3.63) is 64.6 Å². The van der Waals surface area contributed by atoms with Crippen LogP contribution in [0, 0.1) is 36.0 Å².